The molecule has 2 atom stereocenters. The van der Waals surface area contributed by atoms with E-state index in [0.29, 0.717) is 12.8 Å². The highest BCUT2D eigenvalue weighted by molar-refractivity contribution is 6.06. The highest BCUT2D eigenvalue weighted by Crippen LogP contribution is 2.33. The van der Waals surface area contributed by atoms with Crippen molar-refractivity contribution in [3.05, 3.63) is 35.6 Å². The molecule has 3 rings (SSSR count). The first kappa shape index (κ1) is 19.3. The molecule has 0 unspecified atom stereocenters. The lowest BCUT2D eigenvalue weighted by Crippen LogP contribution is -2.40. The summed E-state index contributed by atoms with van der Waals surface area (Å²) in [5.74, 6) is -0.820. The number of hydrogen-bond donors (Lipinski definition) is 2. The molecule has 0 radical (unpaired) electrons. The second kappa shape index (κ2) is 7.26. The van der Waals surface area contributed by atoms with E-state index in [1.807, 2.05) is 0 Å². The molecule has 2 aliphatic heterocycles. The first-order valence-corrected chi connectivity index (χ1v) is 9.06. The highest BCUT2D eigenvalue weighted by Gasteiger charge is 2.44. The first-order valence-electron chi connectivity index (χ1n) is 9.06. The van der Waals surface area contributed by atoms with Gasteiger partial charge in [0.05, 0.1) is 12.1 Å². The van der Waals surface area contributed by atoms with Gasteiger partial charge in [0.15, 0.2) is 0 Å². The number of imide groups is 1. The van der Waals surface area contributed by atoms with Gasteiger partial charge in [0, 0.05) is 19.5 Å². The number of amides is 4. The van der Waals surface area contributed by atoms with E-state index in [1.165, 1.54) is 12.1 Å². The topological polar surface area (TPSA) is 90.0 Å². The number of likely N-dealkylation sites (tertiary alicyclic amines) is 1. The molecule has 2 N–H and O–H groups in total. The number of benzene rings is 1. The molecule has 0 spiro atoms. The first-order chi connectivity index (χ1) is 12.7. The van der Waals surface area contributed by atoms with Crippen LogP contribution in [0.4, 0.5) is 9.18 Å². The molecular weight excluding hydrogens is 353 g/mol. The summed E-state index contributed by atoms with van der Waals surface area (Å²) in [6.45, 7) is 3.66. The van der Waals surface area contributed by atoms with E-state index in [1.54, 1.807) is 30.9 Å². The number of hydrogen-bond acceptors (Lipinski definition) is 4. The number of urea groups is 1. The number of rotatable bonds is 5. The Labute approximate surface area is 157 Å². The molecule has 7 nitrogen and oxygen atoms in total. The maximum absolute atomic E-state index is 13.1. The van der Waals surface area contributed by atoms with E-state index in [2.05, 4.69) is 5.32 Å². The molecule has 2 saturated heterocycles. The van der Waals surface area contributed by atoms with Gasteiger partial charge in [-0.3, -0.25) is 14.5 Å². The number of aliphatic hydroxyl groups is 1. The van der Waals surface area contributed by atoms with Crippen molar-refractivity contribution in [2.45, 2.75) is 50.8 Å². The van der Waals surface area contributed by atoms with Crippen molar-refractivity contribution in [2.24, 2.45) is 0 Å². The third-order valence-corrected chi connectivity index (χ3v) is 5.07. The van der Waals surface area contributed by atoms with Gasteiger partial charge < -0.3 is 15.3 Å². The molecule has 0 bridgehead atoms. The zero-order chi connectivity index (χ0) is 19.8. The van der Waals surface area contributed by atoms with Gasteiger partial charge in [0.25, 0.3) is 5.91 Å². The molecule has 0 aliphatic carbocycles. The van der Waals surface area contributed by atoms with Crippen molar-refractivity contribution in [3.8, 4) is 0 Å². The summed E-state index contributed by atoms with van der Waals surface area (Å²) in [4.78, 5) is 39.4. The number of nitrogens with zero attached hydrogens (tertiary/aromatic N) is 2. The summed E-state index contributed by atoms with van der Waals surface area (Å²) in [7, 11) is 0. The van der Waals surface area contributed by atoms with Crippen LogP contribution in [0, 0.1) is 5.82 Å². The van der Waals surface area contributed by atoms with Crippen LogP contribution < -0.4 is 5.32 Å². The van der Waals surface area contributed by atoms with Crippen molar-refractivity contribution in [1.29, 1.82) is 0 Å². The molecule has 1 aromatic rings. The van der Waals surface area contributed by atoms with Gasteiger partial charge in [-0.1, -0.05) is 12.1 Å². The number of β-amino-alcohol motifs (C(OH)–C–C–N with tert-alkyl or cyclic N) is 1. The average molecular weight is 377 g/mol. The Kier molecular flexibility index (Phi) is 5.19. The molecule has 2 fully saturated rings. The van der Waals surface area contributed by atoms with E-state index >= 15 is 0 Å². The van der Waals surface area contributed by atoms with Crippen LogP contribution in [0.5, 0.6) is 0 Å². The minimum Gasteiger partial charge on any atom is -0.391 e. The second-order valence-corrected chi connectivity index (χ2v) is 7.62. The lowest BCUT2D eigenvalue weighted by Gasteiger charge is -2.25. The van der Waals surface area contributed by atoms with Crippen LogP contribution in [0.25, 0.3) is 0 Å². The van der Waals surface area contributed by atoms with Crippen LogP contribution >= 0.6 is 0 Å². The van der Waals surface area contributed by atoms with Gasteiger partial charge in [0.1, 0.15) is 11.4 Å². The van der Waals surface area contributed by atoms with E-state index in [0.717, 1.165) is 10.5 Å². The molecular formula is C19H24FN3O4. The Balaban J connectivity index is 1.59. The lowest BCUT2D eigenvalue weighted by molar-refractivity contribution is -0.134. The summed E-state index contributed by atoms with van der Waals surface area (Å²) in [6, 6.07) is 5.16. The van der Waals surface area contributed by atoms with Gasteiger partial charge in [-0.25, -0.2) is 9.18 Å². The number of nitrogens with one attached hydrogen (secondary N) is 1. The van der Waals surface area contributed by atoms with Crippen molar-refractivity contribution in [1.82, 2.24) is 15.1 Å². The maximum atomic E-state index is 13.1. The van der Waals surface area contributed by atoms with Gasteiger partial charge in [-0.15, -0.1) is 0 Å². The Bertz CT molecular complexity index is 750. The molecule has 2 aliphatic rings. The number of carbonyl (C=O) groups excluding carboxylic acids is 3. The monoisotopic (exact) mass is 377 g/mol. The van der Waals surface area contributed by atoms with Crippen LogP contribution in [-0.4, -0.2) is 57.5 Å². The Morgan fingerprint density at radius 3 is 2.56 bits per heavy atom. The molecule has 4 amide bonds. The molecule has 8 heteroatoms. The average Bonchev–Trinajstić information content (AvgIpc) is 3.07. The number of carbonyl (C=O) groups is 3. The predicted molar refractivity (Wildman–Crippen MR) is 95.0 cm³/mol. The molecule has 146 valence electrons. The van der Waals surface area contributed by atoms with Crippen LogP contribution in [0.3, 0.4) is 0 Å². The molecule has 1 aromatic carbocycles. The van der Waals surface area contributed by atoms with Crippen LogP contribution in [-0.2, 0) is 9.59 Å². The van der Waals surface area contributed by atoms with Crippen LogP contribution in [0.1, 0.15) is 44.7 Å². The largest absolute Gasteiger partial charge is 0.391 e. The van der Waals surface area contributed by atoms with Gasteiger partial charge in [0.2, 0.25) is 5.91 Å². The lowest BCUT2D eigenvalue weighted by atomic mass is 10.0. The summed E-state index contributed by atoms with van der Waals surface area (Å²) in [6.07, 6.45) is 0.271. The fraction of sp³-hybridized carbons (Fsp3) is 0.526. The van der Waals surface area contributed by atoms with E-state index < -0.39 is 17.7 Å². The molecule has 2 heterocycles. The summed E-state index contributed by atoms with van der Waals surface area (Å²) >= 11 is 0. The fourth-order valence-electron chi connectivity index (χ4n) is 3.64. The fourth-order valence-corrected chi connectivity index (χ4v) is 3.64. The van der Waals surface area contributed by atoms with E-state index in [4.69, 9.17) is 0 Å². The highest BCUT2D eigenvalue weighted by atomic mass is 19.1. The second-order valence-electron chi connectivity index (χ2n) is 7.62. The molecule has 0 aromatic heterocycles. The smallest absolute Gasteiger partial charge is 0.325 e. The zero-order valence-electron chi connectivity index (χ0n) is 15.4. The zero-order valence-corrected chi connectivity index (χ0v) is 15.4. The Morgan fingerprint density at radius 1 is 1.30 bits per heavy atom. The van der Waals surface area contributed by atoms with Crippen LogP contribution in [0.2, 0.25) is 0 Å². The third-order valence-electron chi connectivity index (χ3n) is 5.07. The quantitative estimate of drug-likeness (QED) is 0.763. The minimum atomic E-state index is -0.923. The number of halogens is 1. The van der Waals surface area contributed by atoms with E-state index in [-0.39, 0.29) is 43.2 Å². The molecule has 27 heavy (non-hydrogen) atoms. The van der Waals surface area contributed by atoms with Crippen molar-refractivity contribution >= 4 is 17.8 Å². The SMILES string of the molecule is CC1(C)NC(=O)N(CCCC(=O)N2C[C@H](O)C[C@@H]2c2ccc(F)cc2)C1=O. The van der Waals surface area contributed by atoms with Crippen LogP contribution in [0.15, 0.2) is 24.3 Å². The summed E-state index contributed by atoms with van der Waals surface area (Å²) < 4.78 is 13.1. The third kappa shape index (κ3) is 3.95. The van der Waals surface area contributed by atoms with Gasteiger partial charge in [-0.05, 0) is 44.4 Å². The van der Waals surface area contributed by atoms with E-state index in [9.17, 15) is 23.9 Å². The minimum absolute atomic E-state index is 0.155. The Hall–Kier alpha value is -2.48. The number of aliphatic hydroxyl groups excluding tert-OH is 1. The van der Waals surface area contributed by atoms with Crippen molar-refractivity contribution < 1.29 is 23.9 Å². The van der Waals surface area contributed by atoms with Gasteiger partial charge >= 0.3 is 6.03 Å². The van der Waals surface area contributed by atoms with Crippen molar-refractivity contribution in [2.75, 3.05) is 13.1 Å². The normalized spacial score (nSPS) is 24.4. The molecule has 0 saturated carbocycles. The predicted octanol–water partition coefficient (Wildman–Crippen LogP) is 1.57. The summed E-state index contributed by atoms with van der Waals surface area (Å²) in [5.41, 5.74) is -0.148. The standard InChI is InChI=1S/C19H24FN3O4/c1-19(2)17(26)22(18(27)21-19)9-3-4-16(25)23-11-14(24)10-15(23)12-5-7-13(20)8-6-12/h5-8,14-15,24H,3-4,9-11H2,1-2H3,(H,21,27)/t14-,15-/m1/s1. The van der Waals surface area contributed by atoms with Crippen molar-refractivity contribution in [3.63, 3.8) is 0 Å². The maximum Gasteiger partial charge on any atom is 0.325 e. The Morgan fingerprint density at radius 2 is 1.96 bits per heavy atom. The summed E-state index contributed by atoms with van der Waals surface area (Å²) in [5, 5.41) is 12.6. The van der Waals surface area contributed by atoms with Gasteiger partial charge in [-0.2, -0.15) is 0 Å².